The van der Waals surface area contributed by atoms with Crippen LogP contribution in [0.1, 0.15) is 28.8 Å². The molecule has 0 heterocycles. The van der Waals surface area contributed by atoms with E-state index in [4.69, 9.17) is 9.47 Å². The molecule has 2 aromatic carbocycles. The molecule has 0 unspecified atom stereocenters. The van der Waals surface area contributed by atoms with Crippen LogP contribution in [0.4, 0.5) is 10.1 Å². The highest BCUT2D eigenvalue weighted by atomic mass is 19.1. The molecule has 1 fully saturated rings. The predicted molar refractivity (Wildman–Crippen MR) is 91.4 cm³/mol. The van der Waals surface area contributed by atoms with Gasteiger partial charge in [-0.2, -0.15) is 0 Å². The number of non-ortho nitro benzene ring substituents is 1. The number of nitro benzene ring substituents is 1. The van der Waals surface area contributed by atoms with Gasteiger partial charge in [-0.05, 0) is 11.6 Å². The average Bonchev–Trinajstić information content (AvgIpc) is 3.00. The van der Waals surface area contributed by atoms with Gasteiger partial charge in [-0.1, -0.05) is 36.4 Å². The number of hydrogen-bond acceptors (Lipinski definition) is 5. The molecule has 3 rings (SSSR count). The van der Waals surface area contributed by atoms with Gasteiger partial charge in [0.1, 0.15) is 12.3 Å². The first-order chi connectivity index (χ1) is 12.5. The normalized spacial score (nSPS) is 22.1. The smallest absolute Gasteiger partial charge is 0.338 e. The Labute approximate surface area is 149 Å². The van der Waals surface area contributed by atoms with Crippen molar-refractivity contribution in [1.29, 1.82) is 0 Å². The van der Waals surface area contributed by atoms with Crippen molar-refractivity contribution in [3.8, 4) is 0 Å². The number of hydrogen-bond donors (Lipinski definition) is 0. The molecule has 0 spiro atoms. The predicted octanol–water partition coefficient (Wildman–Crippen LogP) is 3.84. The van der Waals surface area contributed by atoms with Crippen molar-refractivity contribution in [2.24, 2.45) is 0 Å². The quantitative estimate of drug-likeness (QED) is 0.445. The lowest BCUT2D eigenvalue weighted by Gasteiger charge is -2.14. The summed E-state index contributed by atoms with van der Waals surface area (Å²) in [7, 11) is 0. The van der Waals surface area contributed by atoms with Crippen molar-refractivity contribution in [3.05, 3.63) is 75.8 Å². The first-order valence-electron chi connectivity index (χ1n) is 8.28. The van der Waals surface area contributed by atoms with Crippen molar-refractivity contribution in [1.82, 2.24) is 0 Å². The lowest BCUT2D eigenvalue weighted by molar-refractivity contribution is -0.384. The fraction of sp³-hybridized carbons (Fsp3) is 0.316. The Hall–Kier alpha value is -2.80. The zero-order valence-electron chi connectivity index (χ0n) is 13.9. The number of nitrogens with zero attached hydrogens (tertiary/aromatic N) is 1. The lowest BCUT2D eigenvalue weighted by Crippen LogP contribution is -2.23. The number of carbonyl (C=O) groups is 1. The average molecular weight is 359 g/mol. The molecule has 6 nitrogen and oxygen atoms in total. The van der Waals surface area contributed by atoms with E-state index in [-0.39, 0.29) is 30.2 Å². The van der Waals surface area contributed by atoms with Gasteiger partial charge in [-0.15, -0.1) is 0 Å². The van der Waals surface area contributed by atoms with Gasteiger partial charge in [-0.25, -0.2) is 9.18 Å². The van der Waals surface area contributed by atoms with Crippen LogP contribution >= 0.6 is 0 Å². The van der Waals surface area contributed by atoms with E-state index in [1.807, 2.05) is 30.3 Å². The molecule has 136 valence electrons. The maximum Gasteiger partial charge on any atom is 0.338 e. The van der Waals surface area contributed by atoms with Crippen LogP contribution < -0.4 is 0 Å². The molecule has 26 heavy (non-hydrogen) atoms. The van der Waals surface area contributed by atoms with Crippen molar-refractivity contribution in [2.75, 3.05) is 0 Å². The van der Waals surface area contributed by atoms with Gasteiger partial charge < -0.3 is 9.47 Å². The number of nitro groups is 1. The van der Waals surface area contributed by atoms with Crippen LogP contribution in [-0.2, 0) is 16.1 Å². The van der Waals surface area contributed by atoms with E-state index in [2.05, 4.69) is 0 Å². The molecular formula is C19H18FNO5. The van der Waals surface area contributed by atoms with E-state index in [0.717, 1.165) is 11.6 Å². The molecule has 1 saturated carbocycles. The molecule has 3 atom stereocenters. The summed E-state index contributed by atoms with van der Waals surface area (Å²) in [6.45, 7) is 0.365. The third-order valence-electron chi connectivity index (χ3n) is 4.27. The second kappa shape index (κ2) is 8.05. The molecule has 1 aliphatic carbocycles. The van der Waals surface area contributed by atoms with Gasteiger partial charge in [0.2, 0.25) is 0 Å². The van der Waals surface area contributed by atoms with Crippen LogP contribution in [0.15, 0.2) is 54.6 Å². The van der Waals surface area contributed by atoms with Crippen molar-refractivity contribution < 1.29 is 23.6 Å². The van der Waals surface area contributed by atoms with Gasteiger partial charge in [-0.3, -0.25) is 10.1 Å². The van der Waals surface area contributed by atoms with E-state index in [1.54, 1.807) is 0 Å². The molecule has 0 aliphatic heterocycles. The van der Waals surface area contributed by atoms with Crippen molar-refractivity contribution in [2.45, 2.75) is 37.8 Å². The summed E-state index contributed by atoms with van der Waals surface area (Å²) < 4.78 is 25.1. The zero-order chi connectivity index (χ0) is 18.5. The maximum absolute atomic E-state index is 14.2. The van der Waals surface area contributed by atoms with Gasteiger partial charge >= 0.3 is 5.97 Å². The summed E-state index contributed by atoms with van der Waals surface area (Å²) in [6, 6.07) is 14.7. The number of alkyl halides is 1. The number of halogens is 1. The van der Waals surface area contributed by atoms with Crippen molar-refractivity contribution >= 4 is 11.7 Å². The minimum Gasteiger partial charge on any atom is -0.456 e. The molecule has 0 saturated heterocycles. The minimum atomic E-state index is -1.32. The van der Waals surface area contributed by atoms with Crippen LogP contribution in [0.2, 0.25) is 0 Å². The Kier molecular flexibility index (Phi) is 5.58. The fourth-order valence-electron chi connectivity index (χ4n) is 2.90. The Balaban J connectivity index is 1.55. The fourth-order valence-corrected chi connectivity index (χ4v) is 2.90. The monoisotopic (exact) mass is 359 g/mol. The van der Waals surface area contributed by atoms with Crippen molar-refractivity contribution in [3.63, 3.8) is 0 Å². The van der Waals surface area contributed by atoms with Crippen LogP contribution in [-0.4, -0.2) is 29.3 Å². The third-order valence-corrected chi connectivity index (χ3v) is 4.27. The Morgan fingerprint density at radius 3 is 2.65 bits per heavy atom. The lowest BCUT2D eigenvalue weighted by atomic mass is 10.2. The molecule has 0 aromatic heterocycles. The van der Waals surface area contributed by atoms with Crippen LogP contribution in [0.3, 0.4) is 0 Å². The number of ether oxygens (including phenoxy) is 2. The summed E-state index contributed by atoms with van der Waals surface area (Å²) in [5.74, 6) is -0.773. The summed E-state index contributed by atoms with van der Waals surface area (Å²) in [6.07, 6.45) is -2.16. The summed E-state index contributed by atoms with van der Waals surface area (Å²) in [4.78, 5) is 22.3. The largest absolute Gasteiger partial charge is 0.456 e. The van der Waals surface area contributed by atoms with E-state index in [9.17, 15) is 19.3 Å². The third kappa shape index (κ3) is 4.43. The maximum atomic E-state index is 14.2. The highest BCUT2D eigenvalue weighted by molar-refractivity contribution is 5.90. The number of benzene rings is 2. The summed E-state index contributed by atoms with van der Waals surface area (Å²) in [5.41, 5.74) is 0.798. The molecule has 7 heteroatoms. The molecule has 0 amide bonds. The van der Waals surface area contributed by atoms with E-state index in [0.29, 0.717) is 6.61 Å². The molecule has 0 bridgehead atoms. The van der Waals surface area contributed by atoms with Crippen LogP contribution in [0.25, 0.3) is 0 Å². The number of rotatable bonds is 6. The number of esters is 1. The zero-order valence-corrected chi connectivity index (χ0v) is 13.9. The highest BCUT2D eigenvalue weighted by Crippen LogP contribution is 2.29. The van der Waals surface area contributed by atoms with Gasteiger partial charge in [0.25, 0.3) is 5.69 Å². The van der Waals surface area contributed by atoms with Gasteiger partial charge in [0.05, 0.1) is 23.2 Å². The first kappa shape index (κ1) is 18.0. The molecular weight excluding hydrogens is 341 g/mol. The highest BCUT2D eigenvalue weighted by Gasteiger charge is 2.38. The molecule has 2 aromatic rings. The molecule has 0 N–H and O–H groups in total. The van der Waals surface area contributed by atoms with E-state index >= 15 is 0 Å². The molecule has 0 radical (unpaired) electrons. The summed E-state index contributed by atoms with van der Waals surface area (Å²) >= 11 is 0. The molecule has 1 aliphatic rings. The Morgan fingerprint density at radius 1 is 1.15 bits per heavy atom. The standard InChI is InChI=1S/C19H18FNO5/c20-17-10-16(25-12-13-5-2-1-3-6-13)11-18(17)26-19(22)14-7-4-8-15(9-14)21(23)24/h1-9,16-18H,10-12H2/t16-,17-,18+/m1/s1. The topological polar surface area (TPSA) is 78.7 Å². The van der Waals surface area contributed by atoms with E-state index < -0.39 is 23.2 Å². The second-order valence-electron chi connectivity index (χ2n) is 6.16. The Bertz CT molecular complexity index is 783. The minimum absolute atomic E-state index is 0.0278. The van der Waals surface area contributed by atoms with Crippen LogP contribution in [0, 0.1) is 10.1 Å². The number of carbonyl (C=O) groups excluding carboxylic acids is 1. The first-order valence-corrected chi connectivity index (χ1v) is 8.28. The van der Waals surface area contributed by atoms with Crippen LogP contribution in [0.5, 0.6) is 0 Å². The summed E-state index contributed by atoms with van der Waals surface area (Å²) in [5, 5.41) is 10.8. The van der Waals surface area contributed by atoms with Gasteiger partial charge in [0.15, 0.2) is 0 Å². The van der Waals surface area contributed by atoms with E-state index in [1.165, 1.54) is 18.2 Å². The second-order valence-corrected chi connectivity index (χ2v) is 6.16. The SMILES string of the molecule is O=C(O[C@H]1C[C@H](OCc2ccccc2)C[C@H]1F)c1cccc([N+](=O)[O-])c1. The van der Waals surface area contributed by atoms with Gasteiger partial charge in [0, 0.05) is 25.0 Å². The Morgan fingerprint density at radius 2 is 1.92 bits per heavy atom.